The van der Waals surface area contributed by atoms with E-state index < -0.39 is 15.0 Å². The van der Waals surface area contributed by atoms with Crippen molar-refractivity contribution >= 4 is 23.7 Å². The van der Waals surface area contributed by atoms with Crippen molar-refractivity contribution in [3.63, 3.8) is 0 Å². The Morgan fingerprint density at radius 1 is 0.812 bits per heavy atom. The first kappa shape index (κ1) is 11.4. The fourth-order valence-corrected chi connectivity index (χ4v) is 5.21. The molecule has 2 aromatic carbocycles. The van der Waals surface area contributed by atoms with E-state index in [1.807, 2.05) is 12.1 Å². The summed E-state index contributed by atoms with van der Waals surface area (Å²) >= 11 is -1.53. The van der Waals surface area contributed by atoms with Gasteiger partial charge >= 0.3 is 102 Å². The van der Waals surface area contributed by atoms with E-state index in [4.69, 9.17) is 3.73 Å². The first-order valence-electron chi connectivity index (χ1n) is 5.45. The molecule has 0 aliphatic rings. The Hall–Kier alpha value is -1.04. The van der Waals surface area contributed by atoms with Crippen LogP contribution in [-0.4, -0.2) is 21.6 Å². The normalized spacial score (nSPS) is 10.6. The average Bonchev–Trinajstić information content (AvgIpc) is 2.38. The Bertz CT molecular complexity index is 374. The van der Waals surface area contributed by atoms with Crippen LogP contribution >= 0.6 is 0 Å². The van der Waals surface area contributed by atoms with Crippen molar-refractivity contribution in [3.05, 3.63) is 60.7 Å². The van der Waals surface area contributed by atoms with Crippen LogP contribution in [0, 0.1) is 0 Å². The Morgan fingerprint density at radius 2 is 1.25 bits per heavy atom. The third-order valence-electron chi connectivity index (χ3n) is 2.24. The molecule has 0 heterocycles. The monoisotopic (exact) mass is 274 g/mol. The van der Waals surface area contributed by atoms with E-state index in [2.05, 4.69) is 55.5 Å². The van der Waals surface area contributed by atoms with Gasteiger partial charge in [0.05, 0.1) is 0 Å². The molecule has 0 N–H and O–H groups in total. The molecule has 2 rings (SSSR count). The zero-order valence-corrected chi connectivity index (χ0v) is 11.2. The van der Waals surface area contributed by atoms with Crippen LogP contribution in [0.15, 0.2) is 60.7 Å². The summed E-state index contributed by atoms with van der Waals surface area (Å²) in [5.41, 5.74) is 0. The van der Waals surface area contributed by atoms with Crippen molar-refractivity contribution < 1.29 is 3.73 Å². The van der Waals surface area contributed by atoms with E-state index in [1.165, 1.54) is 8.70 Å². The average molecular weight is 274 g/mol. The fraction of sp³-hybridized carbons (Fsp3) is 0.143. The van der Waals surface area contributed by atoms with E-state index in [0.29, 0.717) is 0 Å². The van der Waals surface area contributed by atoms with Gasteiger partial charge in [-0.25, -0.2) is 0 Å². The van der Waals surface area contributed by atoms with Gasteiger partial charge in [0.1, 0.15) is 0 Å². The fourth-order valence-electron chi connectivity index (χ4n) is 1.55. The molecular weight excluding hydrogens is 259 g/mol. The van der Waals surface area contributed by atoms with Crippen LogP contribution in [-0.2, 0) is 3.73 Å². The summed E-state index contributed by atoms with van der Waals surface area (Å²) in [6, 6.07) is 21.1. The maximum atomic E-state index is 5.96. The molecule has 0 aliphatic heterocycles. The molecule has 0 saturated carbocycles. The standard InChI is InChI=1S/C14H15AsO/c1-2-16-15(13-9-5-3-6-10-13)14-11-7-4-8-12-14/h3-12H,2H2,1H3. The predicted molar refractivity (Wildman–Crippen MR) is 69.5 cm³/mol. The Labute approximate surface area is 102 Å². The van der Waals surface area contributed by atoms with Gasteiger partial charge in [0.15, 0.2) is 0 Å². The Morgan fingerprint density at radius 3 is 1.62 bits per heavy atom. The van der Waals surface area contributed by atoms with Crippen LogP contribution in [0.5, 0.6) is 0 Å². The van der Waals surface area contributed by atoms with Crippen molar-refractivity contribution in [3.8, 4) is 0 Å². The summed E-state index contributed by atoms with van der Waals surface area (Å²) in [5.74, 6) is 0. The molecule has 2 heteroatoms. The molecule has 0 amide bonds. The van der Waals surface area contributed by atoms with Crippen molar-refractivity contribution in [2.75, 3.05) is 6.61 Å². The number of hydrogen-bond donors (Lipinski definition) is 0. The van der Waals surface area contributed by atoms with Gasteiger partial charge in [-0.05, 0) is 0 Å². The van der Waals surface area contributed by atoms with Gasteiger partial charge in [0.25, 0.3) is 0 Å². The molecule has 1 nitrogen and oxygen atoms in total. The van der Waals surface area contributed by atoms with Crippen LogP contribution in [0.3, 0.4) is 0 Å². The SMILES string of the molecule is CCO[As](c1ccccc1)c1ccccc1. The first-order valence-corrected chi connectivity index (χ1v) is 8.09. The molecule has 2 aromatic rings. The molecule has 0 radical (unpaired) electrons. The molecule has 0 saturated heterocycles. The molecule has 0 bridgehead atoms. The summed E-state index contributed by atoms with van der Waals surface area (Å²) in [6.07, 6.45) is 0. The summed E-state index contributed by atoms with van der Waals surface area (Å²) in [7, 11) is 0. The van der Waals surface area contributed by atoms with Crippen LogP contribution in [0.1, 0.15) is 6.92 Å². The molecule has 0 aliphatic carbocycles. The topological polar surface area (TPSA) is 9.23 Å². The van der Waals surface area contributed by atoms with E-state index >= 15 is 0 Å². The molecular formula is C14H15AsO. The molecule has 16 heavy (non-hydrogen) atoms. The minimum atomic E-state index is -1.53. The summed E-state index contributed by atoms with van der Waals surface area (Å²) in [6.45, 7) is 2.84. The second-order valence-electron chi connectivity index (χ2n) is 3.38. The van der Waals surface area contributed by atoms with E-state index in [9.17, 15) is 0 Å². The molecule has 0 fully saturated rings. The quantitative estimate of drug-likeness (QED) is 0.773. The van der Waals surface area contributed by atoms with Gasteiger partial charge < -0.3 is 0 Å². The number of hydrogen-bond acceptors (Lipinski definition) is 1. The van der Waals surface area contributed by atoms with Crippen LogP contribution in [0.2, 0.25) is 0 Å². The van der Waals surface area contributed by atoms with E-state index in [-0.39, 0.29) is 0 Å². The third kappa shape index (κ3) is 2.75. The van der Waals surface area contributed by atoms with E-state index in [0.717, 1.165) is 6.61 Å². The maximum absolute atomic E-state index is 5.96. The van der Waals surface area contributed by atoms with Gasteiger partial charge in [-0.3, -0.25) is 0 Å². The Balaban J connectivity index is 2.31. The summed E-state index contributed by atoms with van der Waals surface area (Å²) in [4.78, 5) is 0. The summed E-state index contributed by atoms with van der Waals surface area (Å²) < 4.78 is 8.66. The zero-order chi connectivity index (χ0) is 11.2. The van der Waals surface area contributed by atoms with Crippen LogP contribution in [0.25, 0.3) is 0 Å². The molecule has 0 atom stereocenters. The van der Waals surface area contributed by atoms with Gasteiger partial charge in [-0.1, -0.05) is 0 Å². The van der Waals surface area contributed by atoms with Crippen LogP contribution < -0.4 is 8.70 Å². The molecule has 0 unspecified atom stereocenters. The first-order chi connectivity index (χ1) is 7.92. The van der Waals surface area contributed by atoms with Crippen molar-refractivity contribution in [2.24, 2.45) is 0 Å². The molecule has 82 valence electrons. The minimum absolute atomic E-state index is 0.782. The van der Waals surface area contributed by atoms with Crippen molar-refractivity contribution in [2.45, 2.75) is 6.92 Å². The van der Waals surface area contributed by atoms with Gasteiger partial charge in [0.2, 0.25) is 0 Å². The van der Waals surface area contributed by atoms with Crippen molar-refractivity contribution in [1.82, 2.24) is 0 Å². The number of benzene rings is 2. The van der Waals surface area contributed by atoms with Gasteiger partial charge in [-0.2, -0.15) is 0 Å². The third-order valence-corrected chi connectivity index (χ3v) is 6.54. The second-order valence-corrected chi connectivity index (χ2v) is 7.33. The van der Waals surface area contributed by atoms with Gasteiger partial charge in [0, 0.05) is 0 Å². The number of rotatable bonds is 4. The summed E-state index contributed by atoms with van der Waals surface area (Å²) in [5, 5.41) is 0. The van der Waals surface area contributed by atoms with E-state index in [1.54, 1.807) is 0 Å². The predicted octanol–water partition coefficient (Wildman–Crippen LogP) is 1.83. The second kappa shape index (κ2) is 5.88. The molecule has 0 aromatic heterocycles. The van der Waals surface area contributed by atoms with Crippen molar-refractivity contribution in [1.29, 1.82) is 0 Å². The Kier molecular flexibility index (Phi) is 4.21. The van der Waals surface area contributed by atoms with Crippen LogP contribution in [0.4, 0.5) is 0 Å². The van der Waals surface area contributed by atoms with Gasteiger partial charge in [-0.15, -0.1) is 0 Å². The zero-order valence-electron chi connectivity index (χ0n) is 9.34. The molecule has 0 spiro atoms.